The number of aromatic amines is 1. The summed E-state index contributed by atoms with van der Waals surface area (Å²) in [5, 5.41) is 6.78. The fourth-order valence-corrected chi connectivity index (χ4v) is 4.69. The van der Waals surface area contributed by atoms with Crippen molar-refractivity contribution >= 4 is 15.7 Å². The molecular weight excluding hydrogens is 314 g/mol. The van der Waals surface area contributed by atoms with E-state index in [0.29, 0.717) is 18.5 Å². The number of nitrogens with one attached hydrogen (secondary N) is 1. The Morgan fingerprint density at radius 3 is 2.57 bits per heavy atom. The summed E-state index contributed by atoms with van der Waals surface area (Å²) >= 11 is 0. The monoisotopic (exact) mass is 333 g/mol. The molecule has 1 aromatic carbocycles. The fourth-order valence-electron chi connectivity index (χ4n) is 2.96. The van der Waals surface area contributed by atoms with Gasteiger partial charge in [0.2, 0.25) is 0 Å². The molecule has 1 amide bonds. The Balaban J connectivity index is 1.78. The van der Waals surface area contributed by atoms with E-state index >= 15 is 0 Å². The first-order valence-electron chi connectivity index (χ1n) is 7.61. The smallest absolute Gasteiger partial charge is 0.254 e. The lowest BCUT2D eigenvalue weighted by molar-refractivity contribution is 0.0708. The summed E-state index contributed by atoms with van der Waals surface area (Å²) in [6, 6.07) is 8.90. The van der Waals surface area contributed by atoms with Crippen molar-refractivity contribution in [1.82, 2.24) is 15.1 Å². The van der Waals surface area contributed by atoms with E-state index in [1.807, 2.05) is 25.1 Å². The Kier molecular flexibility index (Phi) is 4.21. The predicted molar refractivity (Wildman–Crippen MR) is 87.8 cm³/mol. The van der Waals surface area contributed by atoms with Crippen molar-refractivity contribution in [3.05, 3.63) is 42.1 Å². The second kappa shape index (κ2) is 6.16. The number of hydrogen-bond donors (Lipinski definition) is 1. The van der Waals surface area contributed by atoms with Gasteiger partial charge < -0.3 is 4.90 Å². The van der Waals surface area contributed by atoms with Crippen LogP contribution in [0.3, 0.4) is 0 Å². The molecule has 0 aliphatic carbocycles. The second-order valence-corrected chi connectivity index (χ2v) is 7.92. The molecule has 0 unspecified atom stereocenters. The highest BCUT2D eigenvalue weighted by molar-refractivity contribution is 7.91. The zero-order chi connectivity index (χ0) is 16.4. The lowest BCUT2D eigenvalue weighted by Crippen LogP contribution is -2.40. The van der Waals surface area contributed by atoms with Crippen LogP contribution in [0.5, 0.6) is 0 Å². The van der Waals surface area contributed by atoms with E-state index in [1.54, 1.807) is 23.2 Å². The summed E-state index contributed by atoms with van der Waals surface area (Å²) in [6.45, 7) is 2.38. The number of H-pyrrole nitrogens is 1. The van der Waals surface area contributed by atoms with Crippen LogP contribution in [0.25, 0.3) is 11.3 Å². The van der Waals surface area contributed by atoms with Crippen molar-refractivity contribution in [2.75, 3.05) is 18.1 Å². The Hall–Kier alpha value is -2.15. The summed E-state index contributed by atoms with van der Waals surface area (Å²) in [7, 11) is -3.01. The highest BCUT2D eigenvalue weighted by atomic mass is 32.2. The lowest BCUT2D eigenvalue weighted by Gasteiger charge is -2.27. The van der Waals surface area contributed by atoms with Gasteiger partial charge in [-0.3, -0.25) is 9.89 Å². The van der Waals surface area contributed by atoms with E-state index in [9.17, 15) is 13.2 Å². The van der Waals surface area contributed by atoms with Crippen molar-refractivity contribution < 1.29 is 13.2 Å². The van der Waals surface area contributed by atoms with Crippen LogP contribution in [0.15, 0.2) is 36.5 Å². The summed E-state index contributed by atoms with van der Waals surface area (Å²) in [6.07, 6.45) is 2.20. The third-order valence-electron chi connectivity index (χ3n) is 4.19. The molecule has 0 radical (unpaired) electrons. The molecule has 1 aromatic heterocycles. The van der Waals surface area contributed by atoms with Gasteiger partial charge in [0, 0.05) is 24.3 Å². The van der Waals surface area contributed by atoms with Crippen molar-refractivity contribution in [3.8, 4) is 11.3 Å². The molecule has 1 fully saturated rings. The summed E-state index contributed by atoms with van der Waals surface area (Å²) in [4.78, 5) is 14.3. The van der Waals surface area contributed by atoms with Gasteiger partial charge in [0.15, 0.2) is 9.84 Å². The minimum absolute atomic E-state index is 0.0683. The van der Waals surface area contributed by atoms with Gasteiger partial charge in [0.05, 0.1) is 17.2 Å². The standard InChI is InChI=1S/C16H19N3O3S/c1-2-19(14-8-10-23(21,22)11-14)16(20)13-5-3-12(4-6-13)15-7-9-17-18-15/h3-7,9,14H,2,8,10-11H2,1H3,(H,17,18)/t14-/m1/s1. The molecule has 1 aliphatic rings. The topological polar surface area (TPSA) is 83.1 Å². The molecule has 1 saturated heterocycles. The molecule has 122 valence electrons. The molecule has 1 aliphatic heterocycles. The lowest BCUT2D eigenvalue weighted by atomic mass is 10.1. The summed E-state index contributed by atoms with van der Waals surface area (Å²) in [5.41, 5.74) is 2.41. The molecule has 2 aromatic rings. The number of rotatable bonds is 4. The number of carbonyl (C=O) groups is 1. The molecular formula is C16H19N3O3S. The number of nitrogens with zero attached hydrogens (tertiary/aromatic N) is 2. The van der Waals surface area contributed by atoms with Crippen LogP contribution in [0.1, 0.15) is 23.7 Å². The van der Waals surface area contributed by atoms with Crippen LogP contribution >= 0.6 is 0 Å². The average Bonchev–Trinajstić information content (AvgIpc) is 3.18. The Bertz CT molecular complexity index is 782. The van der Waals surface area contributed by atoms with E-state index in [4.69, 9.17) is 0 Å². The molecule has 0 bridgehead atoms. The number of carbonyl (C=O) groups excluding carboxylic acids is 1. The van der Waals surface area contributed by atoms with Crippen molar-refractivity contribution in [3.63, 3.8) is 0 Å². The van der Waals surface area contributed by atoms with Crippen molar-refractivity contribution in [2.24, 2.45) is 0 Å². The highest BCUT2D eigenvalue weighted by Crippen LogP contribution is 2.21. The van der Waals surface area contributed by atoms with Gasteiger partial charge in [-0.25, -0.2) is 8.42 Å². The summed E-state index contributed by atoms with van der Waals surface area (Å²) in [5.74, 6) is 0.115. The SMILES string of the molecule is CCN(C(=O)c1ccc(-c2ccn[nH]2)cc1)[C@@H]1CCS(=O)(=O)C1. The molecule has 0 saturated carbocycles. The van der Waals surface area contributed by atoms with Gasteiger partial charge in [-0.15, -0.1) is 0 Å². The molecule has 23 heavy (non-hydrogen) atoms. The number of amides is 1. The normalized spacial score (nSPS) is 19.6. The first kappa shape index (κ1) is 15.7. The van der Waals surface area contributed by atoms with E-state index in [0.717, 1.165) is 11.3 Å². The average molecular weight is 333 g/mol. The fraction of sp³-hybridized carbons (Fsp3) is 0.375. The quantitative estimate of drug-likeness (QED) is 0.923. The maximum Gasteiger partial charge on any atom is 0.254 e. The van der Waals surface area contributed by atoms with Crippen molar-refractivity contribution in [1.29, 1.82) is 0 Å². The van der Waals surface area contributed by atoms with Gasteiger partial charge in [-0.05, 0) is 37.1 Å². The van der Waals surface area contributed by atoms with E-state index in [-0.39, 0.29) is 23.5 Å². The molecule has 1 N–H and O–H groups in total. The number of benzene rings is 1. The first-order chi connectivity index (χ1) is 11.0. The predicted octanol–water partition coefficient (Wildman–Crippen LogP) is 1.73. The van der Waals surface area contributed by atoms with Crippen LogP contribution in [-0.2, 0) is 9.84 Å². The first-order valence-corrected chi connectivity index (χ1v) is 9.43. The van der Waals surface area contributed by atoms with Gasteiger partial charge in [-0.1, -0.05) is 12.1 Å². The molecule has 0 spiro atoms. The van der Waals surface area contributed by atoms with Gasteiger partial charge in [0.25, 0.3) is 5.91 Å². The third kappa shape index (κ3) is 3.29. The minimum Gasteiger partial charge on any atom is -0.335 e. The third-order valence-corrected chi connectivity index (χ3v) is 5.94. The Labute approximate surface area is 135 Å². The zero-order valence-electron chi connectivity index (χ0n) is 12.9. The van der Waals surface area contributed by atoms with E-state index < -0.39 is 9.84 Å². The molecule has 3 rings (SSSR count). The molecule has 7 heteroatoms. The maximum absolute atomic E-state index is 12.7. The van der Waals surface area contributed by atoms with E-state index in [1.165, 1.54) is 0 Å². The molecule has 1 atom stereocenters. The Morgan fingerprint density at radius 1 is 1.30 bits per heavy atom. The number of hydrogen-bond acceptors (Lipinski definition) is 4. The van der Waals surface area contributed by atoms with Crippen LogP contribution in [0.2, 0.25) is 0 Å². The van der Waals surface area contributed by atoms with Crippen LogP contribution in [0.4, 0.5) is 0 Å². The van der Waals surface area contributed by atoms with Gasteiger partial charge in [0.1, 0.15) is 0 Å². The van der Waals surface area contributed by atoms with Crippen LogP contribution in [0, 0.1) is 0 Å². The zero-order valence-corrected chi connectivity index (χ0v) is 13.7. The molecule has 6 nitrogen and oxygen atoms in total. The maximum atomic E-state index is 12.7. The largest absolute Gasteiger partial charge is 0.335 e. The van der Waals surface area contributed by atoms with Crippen LogP contribution < -0.4 is 0 Å². The van der Waals surface area contributed by atoms with Crippen LogP contribution in [-0.4, -0.2) is 53.5 Å². The summed E-state index contributed by atoms with van der Waals surface area (Å²) < 4.78 is 23.3. The highest BCUT2D eigenvalue weighted by Gasteiger charge is 2.34. The second-order valence-electron chi connectivity index (χ2n) is 5.70. The number of aromatic nitrogens is 2. The minimum atomic E-state index is -3.01. The van der Waals surface area contributed by atoms with E-state index in [2.05, 4.69) is 10.2 Å². The van der Waals surface area contributed by atoms with Crippen molar-refractivity contribution in [2.45, 2.75) is 19.4 Å². The van der Waals surface area contributed by atoms with Gasteiger partial charge in [-0.2, -0.15) is 5.10 Å². The number of sulfone groups is 1. The Morgan fingerprint density at radius 2 is 2.04 bits per heavy atom. The molecule has 2 heterocycles. The van der Waals surface area contributed by atoms with Gasteiger partial charge >= 0.3 is 0 Å².